The maximum atomic E-state index is 13.2. The van der Waals surface area contributed by atoms with E-state index in [1.807, 2.05) is 59.7 Å². The van der Waals surface area contributed by atoms with Gasteiger partial charge in [-0.05, 0) is 31.4 Å². The van der Waals surface area contributed by atoms with Gasteiger partial charge >= 0.3 is 0 Å². The number of carbonyl (C=O) groups excluding carboxylic acids is 2. The van der Waals surface area contributed by atoms with Crippen LogP contribution in [0.5, 0.6) is 0 Å². The molecule has 1 aliphatic heterocycles. The van der Waals surface area contributed by atoms with E-state index in [0.29, 0.717) is 25.9 Å². The molecule has 7 heteroatoms. The highest BCUT2D eigenvalue weighted by molar-refractivity contribution is 5.81. The van der Waals surface area contributed by atoms with Gasteiger partial charge in [0.05, 0.1) is 18.7 Å². The second-order valence-electron chi connectivity index (χ2n) is 7.43. The van der Waals surface area contributed by atoms with Gasteiger partial charge in [-0.25, -0.2) is 9.50 Å². The molecule has 150 valence electrons. The number of hydrogen-bond acceptors (Lipinski definition) is 4. The van der Waals surface area contributed by atoms with Crippen molar-refractivity contribution in [3.63, 3.8) is 0 Å². The van der Waals surface area contributed by atoms with Crippen LogP contribution in [0.25, 0.3) is 5.65 Å². The Morgan fingerprint density at radius 2 is 2.00 bits per heavy atom. The van der Waals surface area contributed by atoms with Crippen LogP contribution >= 0.6 is 0 Å². The highest BCUT2D eigenvalue weighted by atomic mass is 16.2. The van der Waals surface area contributed by atoms with E-state index < -0.39 is 0 Å². The Bertz CT molecular complexity index is 1040. The molecule has 0 aliphatic carbocycles. The average Bonchev–Trinajstić information content (AvgIpc) is 3.09. The van der Waals surface area contributed by atoms with E-state index >= 15 is 0 Å². The fourth-order valence-electron chi connectivity index (χ4n) is 4.11. The first-order valence-corrected chi connectivity index (χ1v) is 9.95. The highest BCUT2D eigenvalue weighted by Gasteiger charge is 2.29. The molecule has 1 aliphatic rings. The van der Waals surface area contributed by atoms with Crippen LogP contribution in [0.2, 0.25) is 0 Å². The number of benzene rings is 1. The molecule has 1 unspecified atom stereocenters. The van der Waals surface area contributed by atoms with E-state index in [1.165, 1.54) is 0 Å². The first-order valence-electron chi connectivity index (χ1n) is 9.95. The van der Waals surface area contributed by atoms with Crippen molar-refractivity contribution >= 4 is 17.5 Å². The molecule has 0 radical (unpaired) electrons. The van der Waals surface area contributed by atoms with Gasteiger partial charge in [-0.15, -0.1) is 0 Å². The van der Waals surface area contributed by atoms with E-state index in [4.69, 9.17) is 0 Å². The van der Waals surface area contributed by atoms with Crippen LogP contribution in [-0.2, 0) is 16.0 Å². The minimum absolute atomic E-state index is 0.0193. The molecule has 2 amide bonds. The summed E-state index contributed by atoms with van der Waals surface area (Å²) >= 11 is 0. The number of fused-ring (bicyclic) bond motifs is 1. The third-order valence-electron chi connectivity index (χ3n) is 5.62. The summed E-state index contributed by atoms with van der Waals surface area (Å²) in [4.78, 5) is 31.8. The van der Waals surface area contributed by atoms with Crippen molar-refractivity contribution in [3.05, 3.63) is 65.1 Å². The van der Waals surface area contributed by atoms with E-state index in [0.717, 1.165) is 28.2 Å². The van der Waals surface area contributed by atoms with Crippen LogP contribution in [0.15, 0.2) is 42.6 Å². The third kappa shape index (κ3) is 3.85. The summed E-state index contributed by atoms with van der Waals surface area (Å²) in [6, 6.07) is 11.4. The quantitative estimate of drug-likeness (QED) is 0.741. The highest BCUT2D eigenvalue weighted by Crippen LogP contribution is 2.27. The first kappa shape index (κ1) is 19.1. The maximum Gasteiger partial charge on any atom is 0.223 e. The summed E-state index contributed by atoms with van der Waals surface area (Å²) in [7, 11) is 0. The zero-order valence-corrected chi connectivity index (χ0v) is 16.8. The third-order valence-corrected chi connectivity index (χ3v) is 5.62. The Kier molecular flexibility index (Phi) is 5.29. The summed E-state index contributed by atoms with van der Waals surface area (Å²) < 4.78 is 1.81. The van der Waals surface area contributed by atoms with Gasteiger partial charge < -0.3 is 10.2 Å². The average molecular weight is 391 g/mol. The van der Waals surface area contributed by atoms with Crippen LogP contribution < -0.4 is 5.32 Å². The first-order chi connectivity index (χ1) is 14.0. The number of nitrogens with zero attached hydrogens (tertiary/aromatic N) is 4. The smallest absolute Gasteiger partial charge is 0.223 e. The molecular formula is C22H25N5O2. The summed E-state index contributed by atoms with van der Waals surface area (Å²) in [6.45, 7) is 4.97. The minimum atomic E-state index is -0.236. The normalized spacial score (nSPS) is 17.2. The lowest BCUT2D eigenvalue weighted by molar-refractivity contribution is -0.133. The lowest BCUT2D eigenvalue weighted by atomic mass is 10.0. The number of amides is 2. The fraction of sp³-hybridized carbons (Fsp3) is 0.364. The van der Waals surface area contributed by atoms with Gasteiger partial charge in [-0.3, -0.25) is 9.59 Å². The van der Waals surface area contributed by atoms with Crippen molar-refractivity contribution in [1.82, 2.24) is 24.8 Å². The lowest BCUT2D eigenvalue weighted by Crippen LogP contribution is -2.36. The van der Waals surface area contributed by atoms with Gasteiger partial charge in [0.1, 0.15) is 0 Å². The predicted molar refractivity (Wildman–Crippen MR) is 109 cm³/mol. The number of hydrogen-bond donors (Lipinski definition) is 1. The molecule has 7 nitrogen and oxygen atoms in total. The van der Waals surface area contributed by atoms with Crippen molar-refractivity contribution in [3.8, 4) is 0 Å². The Hall–Kier alpha value is -3.22. The Labute approximate surface area is 169 Å². The fourth-order valence-corrected chi connectivity index (χ4v) is 4.11. The standard InChI is InChI=1S/C22H25N5O2/c1-15-18(16(2)27-20(25-15)10-11-24-27)8-9-22(29)26-13-12-23-21(28)14-19(26)17-6-4-3-5-7-17/h3-7,10-11,19H,8-9,12-14H2,1-2H3,(H,23,28). The number of aromatic nitrogens is 3. The molecule has 3 aromatic rings. The van der Waals surface area contributed by atoms with E-state index in [1.54, 1.807) is 6.20 Å². The molecular weight excluding hydrogens is 366 g/mol. The molecule has 1 fully saturated rings. The Balaban J connectivity index is 1.55. The van der Waals surface area contributed by atoms with Gasteiger partial charge in [0.2, 0.25) is 11.8 Å². The molecule has 0 bridgehead atoms. The van der Waals surface area contributed by atoms with Crippen LogP contribution in [-0.4, -0.2) is 44.4 Å². The van der Waals surface area contributed by atoms with Crippen LogP contribution in [0, 0.1) is 13.8 Å². The molecule has 29 heavy (non-hydrogen) atoms. The molecule has 1 N–H and O–H groups in total. The monoisotopic (exact) mass is 391 g/mol. The maximum absolute atomic E-state index is 13.2. The lowest BCUT2D eigenvalue weighted by Gasteiger charge is -2.30. The molecule has 2 aromatic heterocycles. The minimum Gasteiger partial charge on any atom is -0.354 e. The van der Waals surface area contributed by atoms with Crippen LogP contribution in [0.3, 0.4) is 0 Å². The Morgan fingerprint density at radius 1 is 1.21 bits per heavy atom. The van der Waals surface area contributed by atoms with Crippen molar-refractivity contribution in [1.29, 1.82) is 0 Å². The summed E-state index contributed by atoms with van der Waals surface area (Å²) in [5.74, 6) is 0.0314. The molecule has 4 rings (SSSR count). The number of nitrogens with one attached hydrogen (secondary N) is 1. The molecule has 0 spiro atoms. The van der Waals surface area contributed by atoms with Crippen molar-refractivity contribution in [2.45, 2.75) is 39.2 Å². The summed E-state index contributed by atoms with van der Waals surface area (Å²) in [5.41, 5.74) is 4.80. The van der Waals surface area contributed by atoms with Gasteiger partial charge in [0.15, 0.2) is 5.65 Å². The molecule has 1 atom stereocenters. The van der Waals surface area contributed by atoms with E-state index in [-0.39, 0.29) is 24.3 Å². The second-order valence-corrected chi connectivity index (χ2v) is 7.43. The van der Waals surface area contributed by atoms with Gasteiger partial charge in [0, 0.05) is 37.0 Å². The summed E-state index contributed by atoms with van der Waals surface area (Å²) in [5, 5.41) is 7.21. The Morgan fingerprint density at radius 3 is 2.79 bits per heavy atom. The molecule has 1 aromatic carbocycles. The number of carbonyl (C=O) groups is 2. The SMILES string of the molecule is Cc1nc2ccnn2c(C)c1CCC(=O)N1CCNC(=O)CC1c1ccccc1. The summed E-state index contributed by atoms with van der Waals surface area (Å²) in [6.07, 6.45) is 2.98. The second kappa shape index (κ2) is 8.03. The molecule has 1 saturated heterocycles. The van der Waals surface area contributed by atoms with Crippen molar-refractivity contribution < 1.29 is 9.59 Å². The van der Waals surface area contributed by atoms with Crippen LogP contribution in [0.1, 0.15) is 41.4 Å². The number of rotatable bonds is 4. The number of aryl methyl sites for hydroxylation is 2. The van der Waals surface area contributed by atoms with Gasteiger partial charge in [-0.1, -0.05) is 30.3 Å². The van der Waals surface area contributed by atoms with Gasteiger partial charge in [-0.2, -0.15) is 5.10 Å². The zero-order valence-electron chi connectivity index (χ0n) is 16.8. The predicted octanol–water partition coefficient (Wildman–Crippen LogP) is 2.37. The van der Waals surface area contributed by atoms with Crippen molar-refractivity contribution in [2.75, 3.05) is 13.1 Å². The van der Waals surface area contributed by atoms with Gasteiger partial charge in [0.25, 0.3) is 0 Å². The van der Waals surface area contributed by atoms with E-state index in [2.05, 4.69) is 15.4 Å². The largest absolute Gasteiger partial charge is 0.354 e. The topological polar surface area (TPSA) is 79.6 Å². The van der Waals surface area contributed by atoms with E-state index in [9.17, 15) is 9.59 Å². The van der Waals surface area contributed by atoms with Crippen molar-refractivity contribution in [2.24, 2.45) is 0 Å². The molecule has 3 heterocycles. The molecule has 0 saturated carbocycles. The zero-order chi connectivity index (χ0) is 20.4. The van der Waals surface area contributed by atoms with Crippen LogP contribution in [0.4, 0.5) is 0 Å².